The number of anilines is 1. The number of hydrogen-bond acceptors (Lipinski definition) is 4. The Morgan fingerprint density at radius 3 is 2.67 bits per heavy atom. The van der Waals surface area contributed by atoms with Crippen LogP contribution in [0.2, 0.25) is 5.02 Å². The Balaban J connectivity index is 1.37. The molecule has 0 aliphatic rings. The molecule has 0 saturated heterocycles. The van der Waals surface area contributed by atoms with Gasteiger partial charge in [0.1, 0.15) is 5.82 Å². The lowest BCUT2D eigenvalue weighted by atomic mass is 10.1. The number of rotatable bonds is 7. The van der Waals surface area contributed by atoms with Gasteiger partial charge in [0.05, 0.1) is 5.52 Å². The summed E-state index contributed by atoms with van der Waals surface area (Å²) in [6, 6.07) is 18.2. The third-order valence-electron chi connectivity index (χ3n) is 4.85. The van der Waals surface area contributed by atoms with E-state index in [0.717, 1.165) is 64.1 Å². The van der Waals surface area contributed by atoms with E-state index in [4.69, 9.17) is 16.6 Å². The Morgan fingerprint density at radius 1 is 1.00 bits per heavy atom. The van der Waals surface area contributed by atoms with E-state index in [1.165, 1.54) is 5.56 Å². The molecule has 0 unspecified atom stereocenters. The van der Waals surface area contributed by atoms with Gasteiger partial charge in [-0.05, 0) is 61.4 Å². The van der Waals surface area contributed by atoms with Crippen molar-refractivity contribution in [3.05, 3.63) is 93.1 Å². The zero-order valence-corrected chi connectivity index (χ0v) is 19.0. The van der Waals surface area contributed by atoms with Crippen molar-refractivity contribution < 1.29 is 0 Å². The highest BCUT2D eigenvalue weighted by Gasteiger charge is 2.06. The van der Waals surface area contributed by atoms with Crippen molar-refractivity contribution in [2.24, 2.45) is 0 Å². The van der Waals surface area contributed by atoms with Crippen LogP contribution in [0.5, 0.6) is 0 Å². The van der Waals surface area contributed by atoms with Crippen LogP contribution in [0.4, 0.5) is 5.69 Å². The molecular formula is C24H22BrClN4. The molecule has 0 bridgehead atoms. The molecule has 0 amide bonds. The lowest BCUT2D eigenvalue weighted by molar-refractivity contribution is 0.781. The number of benzene rings is 2. The van der Waals surface area contributed by atoms with Crippen LogP contribution in [0.3, 0.4) is 0 Å². The van der Waals surface area contributed by atoms with Crippen LogP contribution in [0.25, 0.3) is 10.9 Å². The summed E-state index contributed by atoms with van der Waals surface area (Å²) in [7, 11) is 0. The molecule has 1 N–H and O–H groups in total. The molecule has 0 saturated carbocycles. The minimum absolute atomic E-state index is 0.697. The Hall–Kier alpha value is -2.50. The fourth-order valence-corrected chi connectivity index (χ4v) is 3.89. The number of halogens is 2. The van der Waals surface area contributed by atoms with Crippen molar-refractivity contribution in [3.63, 3.8) is 0 Å². The third-order valence-corrected chi connectivity index (χ3v) is 5.61. The number of nitrogens with one attached hydrogen (secondary N) is 1. The molecule has 2 heterocycles. The first-order chi connectivity index (χ1) is 14.6. The van der Waals surface area contributed by atoms with E-state index in [2.05, 4.69) is 61.5 Å². The summed E-state index contributed by atoms with van der Waals surface area (Å²) in [5.74, 6) is 0.898. The summed E-state index contributed by atoms with van der Waals surface area (Å²) in [6.07, 6.45) is 4.39. The van der Waals surface area contributed by atoms with Gasteiger partial charge in [0, 0.05) is 57.5 Å². The number of fused-ring (bicyclic) bond motifs is 1. The van der Waals surface area contributed by atoms with E-state index in [0.29, 0.717) is 5.02 Å². The molecule has 4 nitrogen and oxygen atoms in total. The average Bonchev–Trinajstić information content (AvgIpc) is 2.72. The molecule has 0 fully saturated rings. The largest absolute Gasteiger partial charge is 0.384 e. The Morgan fingerprint density at radius 2 is 1.83 bits per heavy atom. The van der Waals surface area contributed by atoms with Crippen LogP contribution in [0.1, 0.15) is 29.2 Å². The normalized spacial score (nSPS) is 11.0. The maximum Gasteiger partial charge on any atom is 0.128 e. The van der Waals surface area contributed by atoms with Crippen molar-refractivity contribution in [1.29, 1.82) is 0 Å². The molecule has 0 spiro atoms. The smallest absolute Gasteiger partial charge is 0.128 e. The Kier molecular flexibility index (Phi) is 6.60. The second kappa shape index (κ2) is 9.54. The summed E-state index contributed by atoms with van der Waals surface area (Å²) < 4.78 is 1.09. The van der Waals surface area contributed by atoms with Crippen LogP contribution >= 0.6 is 27.5 Å². The van der Waals surface area contributed by atoms with E-state index < -0.39 is 0 Å². The van der Waals surface area contributed by atoms with Crippen LogP contribution < -0.4 is 5.32 Å². The number of pyridine rings is 1. The summed E-state index contributed by atoms with van der Waals surface area (Å²) in [5.41, 5.74) is 5.28. The number of aryl methyl sites for hydroxylation is 2. The van der Waals surface area contributed by atoms with E-state index in [-0.39, 0.29) is 0 Å². The number of hydrogen-bond donors (Lipinski definition) is 1. The standard InChI is InChI=1S/C24H22BrClN4/c1-16-13-20(14-17-4-6-18(25)7-5-17)30-24(29-16)3-2-11-27-22-10-12-28-23-15-19(26)8-9-21(22)23/h4-10,12-13,15H,2-3,11,14H2,1H3,(H,27,28). The quantitative estimate of drug-likeness (QED) is 0.311. The first kappa shape index (κ1) is 20.8. The Labute approximate surface area is 189 Å². The van der Waals surface area contributed by atoms with Gasteiger partial charge in [0.15, 0.2) is 0 Å². The molecule has 0 atom stereocenters. The topological polar surface area (TPSA) is 50.7 Å². The van der Waals surface area contributed by atoms with E-state index in [1.807, 2.05) is 31.2 Å². The molecule has 0 aliphatic carbocycles. The molecule has 2 aromatic carbocycles. The SMILES string of the molecule is Cc1cc(Cc2ccc(Br)cc2)nc(CCCNc2ccnc3cc(Cl)ccc23)n1. The molecule has 4 rings (SSSR count). The summed E-state index contributed by atoms with van der Waals surface area (Å²) in [6.45, 7) is 2.86. The second-order valence-electron chi connectivity index (χ2n) is 7.27. The average molecular weight is 482 g/mol. The summed E-state index contributed by atoms with van der Waals surface area (Å²) in [5, 5.41) is 5.28. The molecular weight excluding hydrogens is 460 g/mol. The maximum absolute atomic E-state index is 6.07. The molecule has 0 radical (unpaired) electrons. The molecule has 6 heteroatoms. The molecule has 30 heavy (non-hydrogen) atoms. The number of aromatic nitrogens is 3. The van der Waals surface area contributed by atoms with Crippen molar-refractivity contribution >= 4 is 44.1 Å². The summed E-state index contributed by atoms with van der Waals surface area (Å²) in [4.78, 5) is 13.8. The van der Waals surface area contributed by atoms with Crippen LogP contribution in [-0.4, -0.2) is 21.5 Å². The van der Waals surface area contributed by atoms with Gasteiger partial charge in [-0.2, -0.15) is 0 Å². The number of nitrogens with zero attached hydrogens (tertiary/aromatic N) is 3. The van der Waals surface area contributed by atoms with Crippen molar-refractivity contribution in [2.75, 3.05) is 11.9 Å². The maximum atomic E-state index is 6.07. The van der Waals surface area contributed by atoms with Gasteiger partial charge in [0.2, 0.25) is 0 Å². The third kappa shape index (κ3) is 5.35. The molecule has 0 aliphatic heterocycles. The van der Waals surface area contributed by atoms with Gasteiger partial charge in [-0.3, -0.25) is 4.98 Å². The highest BCUT2D eigenvalue weighted by molar-refractivity contribution is 9.10. The predicted molar refractivity (Wildman–Crippen MR) is 127 cm³/mol. The van der Waals surface area contributed by atoms with Gasteiger partial charge in [0.25, 0.3) is 0 Å². The molecule has 2 aromatic heterocycles. The zero-order valence-electron chi connectivity index (χ0n) is 16.7. The molecule has 4 aromatic rings. The minimum Gasteiger partial charge on any atom is -0.384 e. The predicted octanol–water partition coefficient (Wildman–Crippen LogP) is 6.38. The first-order valence-corrected chi connectivity index (χ1v) is 11.1. The minimum atomic E-state index is 0.697. The Bertz CT molecular complexity index is 1160. The van der Waals surface area contributed by atoms with Gasteiger partial charge in [-0.15, -0.1) is 0 Å². The van der Waals surface area contributed by atoms with Crippen LogP contribution in [0, 0.1) is 6.92 Å². The van der Waals surface area contributed by atoms with Gasteiger partial charge >= 0.3 is 0 Å². The fraction of sp³-hybridized carbons (Fsp3) is 0.208. The first-order valence-electron chi connectivity index (χ1n) is 9.93. The van der Waals surface area contributed by atoms with E-state index >= 15 is 0 Å². The fourth-order valence-electron chi connectivity index (χ4n) is 3.46. The van der Waals surface area contributed by atoms with Gasteiger partial charge < -0.3 is 5.32 Å². The van der Waals surface area contributed by atoms with E-state index in [9.17, 15) is 0 Å². The summed E-state index contributed by atoms with van der Waals surface area (Å²) >= 11 is 9.55. The highest BCUT2D eigenvalue weighted by Crippen LogP contribution is 2.24. The van der Waals surface area contributed by atoms with Crippen molar-refractivity contribution in [2.45, 2.75) is 26.2 Å². The van der Waals surface area contributed by atoms with Crippen LogP contribution in [0.15, 0.2) is 65.3 Å². The van der Waals surface area contributed by atoms with Crippen LogP contribution in [-0.2, 0) is 12.8 Å². The highest BCUT2D eigenvalue weighted by atomic mass is 79.9. The second-order valence-corrected chi connectivity index (χ2v) is 8.62. The van der Waals surface area contributed by atoms with Crippen molar-refractivity contribution in [3.8, 4) is 0 Å². The van der Waals surface area contributed by atoms with Gasteiger partial charge in [-0.25, -0.2) is 9.97 Å². The zero-order chi connectivity index (χ0) is 20.9. The monoisotopic (exact) mass is 480 g/mol. The lowest BCUT2D eigenvalue weighted by Gasteiger charge is -2.10. The molecule has 152 valence electrons. The van der Waals surface area contributed by atoms with E-state index in [1.54, 1.807) is 6.20 Å². The van der Waals surface area contributed by atoms with Gasteiger partial charge in [-0.1, -0.05) is 39.7 Å². The van der Waals surface area contributed by atoms with Crippen molar-refractivity contribution in [1.82, 2.24) is 15.0 Å². The lowest BCUT2D eigenvalue weighted by Crippen LogP contribution is -2.07.